The zero-order chi connectivity index (χ0) is 16.2. The van der Waals surface area contributed by atoms with Crippen LogP contribution in [0.2, 0.25) is 0 Å². The number of rotatable bonds is 5. The summed E-state index contributed by atoms with van der Waals surface area (Å²) in [6.45, 7) is 5.04. The van der Waals surface area contributed by atoms with Crippen molar-refractivity contribution < 1.29 is 17.6 Å². The molecule has 132 valence electrons. The third-order valence-corrected chi connectivity index (χ3v) is 4.11. The van der Waals surface area contributed by atoms with E-state index in [4.69, 9.17) is 0 Å². The van der Waals surface area contributed by atoms with Crippen LogP contribution in [0.15, 0.2) is 18.2 Å². The first-order chi connectivity index (χ1) is 10.4. The third kappa shape index (κ3) is 5.33. The van der Waals surface area contributed by atoms with Crippen molar-refractivity contribution in [2.45, 2.75) is 38.4 Å². The van der Waals surface area contributed by atoms with Gasteiger partial charge in [0.2, 0.25) is 0 Å². The number of nitrogens with zero attached hydrogens (tertiary/aromatic N) is 1. The van der Waals surface area contributed by atoms with Gasteiger partial charge in [-0.15, -0.1) is 12.4 Å². The van der Waals surface area contributed by atoms with Crippen LogP contribution in [-0.4, -0.2) is 31.1 Å². The highest BCUT2D eigenvalue weighted by Crippen LogP contribution is 2.35. The van der Waals surface area contributed by atoms with Gasteiger partial charge in [-0.25, -0.2) is 4.39 Å². The molecular weight excluding hydrogens is 332 g/mol. The smallest absolute Gasteiger partial charge is 0.314 e. The number of nitrogens with one attached hydrogen (secondary N) is 1. The molecule has 0 aromatic heterocycles. The summed E-state index contributed by atoms with van der Waals surface area (Å²) < 4.78 is 52.9. The van der Waals surface area contributed by atoms with E-state index in [1.165, 1.54) is 0 Å². The minimum Gasteiger partial charge on any atom is -0.314 e. The molecule has 2 rings (SSSR count). The normalized spacial score (nSPS) is 17.6. The van der Waals surface area contributed by atoms with Gasteiger partial charge in [0.05, 0.1) is 5.56 Å². The van der Waals surface area contributed by atoms with Gasteiger partial charge in [0.1, 0.15) is 5.82 Å². The molecule has 0 bridgehead atoms. The Morgan fingerprint density at radius 1 is 1.22 bits per heavy atom. The molecule has 0 radical (unpaired) electrons. The summed E-state index contributed by atoms with van der Waals surface area (Å²) in [5.41, 5.74) is -0.606. The molecule has 1 atom stereocenters. The summed E-state index contributed by atoms with van der Waals surface area (Å²) in [5, 5.41) is 3.21. The lowest BCUT2D eigenvalue weighted by Crippen LogP contribution is -2.45. The van der Waals surface area contributed by atoms with Gasteiger partial charge < -0.3 is 5.32 Å². The van der Waals surface area contributed by atoms with Crippen LogP contribution in [-0.2, 0) is 6.18 Å². The van der Waals surface area contributed by atoms with Gasteiger partial charge in [0.25, 0.3) is 0 Å². The number of alkyl halides is 3. The Morgan fingerprint density at radius 3 is 2.43 bits per heavy atom. The highest BCUT2D eigenvalue weighted by molar-refractivity contribution is 5.85. The van der Waals surface area contributed by atoms with E-state index in [0.717, 1.165) is 57.2 Å². The highest BCUT2D eigenvalue weighted by Gasteiger charge is 2.33. The van der Waals surface area contributed by atoms with E-state index in [1.54, 1.807) is 0 Å². The summed E-state index contributed by atoms with van der Waals surface area (Å²) in [6.07, 6.45) is -1.97. The lowest BCUT2D eigenvalue weighted by Gasteiger charge is -2.35. The Morgan fingerprint density at radius 2 is 1.87 bits per heavy atom. The Labute approximate surface area is 140 Å². The standard InChI is InChI=1S/C16H22F4N2.ClH/c1-2-3-4-15(22-9-7-21-8-10-22)13-11-12(16(18,19)20)5-6-14(13)17;/h5-6,11,15,21H,2-4,7-10H2,1H3;1H/t15-;/m0./s1. The predicted molar refractivity (Wildman–Crippen MR) is 85.4 cm³/mol. The van der Waals surface area contributed by atoms with Gasteiger partial charge in [-0.2, -0.15) is 13.2 Å². The molecule has 7 heteroatoms. The first kappa shape index (κ1) is 20.2. The summed E-state index contributed by atoms with van der Waals surface area (Å²) in [5.74, 6) is -0.548. The molecule has 1 aromatic carbocycles. The van der Waals surface area contributed by atoms with Crippen LogP contribution in [0.3, 0.4) is 0 Å². The molecule has 0 amide bonds. The molecule has 2 nitrogen and oxygen atoms in total. The van der Waals surface area contributed by atoms with Crippen LogP contribution in [0.5, 0.6) is 0 Å². The maximum absolute atomic E-state index is 14.2. The topological polar surface area (TPSA) is 15.3 Å². The van der Waals surface area contributed by atoms with Crippen molar-refractivity contribution in [1.29, 1.82) is 0 Å². The fourth-order valence-electron chi connectivity index (χ4n) is 2.90. The van der Waals surface area contributed by atoms with Crippen LogP contribution >= 0.6 is 12.4 Å². The second-order valence-corrected chi connectivity index (χ2v) is 5.68. The molecular formula is C16H23ClF4N2. The van der Waals surface area contributed by atoms with Crippen molar-refractivity contribution in [3.05, 3.63) is 35.1 Å². The van der Waals surface area contributed by atoms with E-state index >= 15 is 0 Å². The molecule has 1 aliphatic heterocycles. The van der Waals surface area contributed by atoms with Gasteiger partial charge in [-0.3, -0.25) is 4.90 Å². The second-order valence-electron chi connectivity index (χ2n) is 5.68. The number of halogens is 5. The van der Waals surface area contributed by atoms with E-state index < -0.39 is 17.6 Å². The third-order valence-electron chi connectivity index (χ3n) is 4.11. The van der Waals surface area contributed by atoms with Gasteiger partial charge >= 0.3 is 6.18 Å². The van der Waals surface area contributed by atoms with Gasteiger partial charge in [-0.05, 0) is 24.6 Å². The highest BCUT2D eigenvalue weighted by atomic mass is 35.5. The Hall–Kier alpha value is -0.850. The van der Waals surface area contributed by atoms with Crippen LogP contribution < -0.4 is 5.32 Å². The number of hydrogen-bond acceptors (Lipinski definition) is 2. The number of hydrogen-bond donors (Lipinski definition) is 1. The molecule has 23 heavy (non-hydrogen) atoms. The predicted octanol–water partition coefficient (Wildman–Crippen LogP) is 4.40. The number of piperazine rings is 1. The average Bonchev–Trinajstić information content (AvgIpc) is 2.49. The van der Waals surface area contributed by atoms with Crippen LogP contribution in [0, 0.1) is 5.82 Å². The summed E-state index contributed by atoms with van der Waals surface area (Å²) in [6, 6.07) is 2.45. The van der Waals surface area contributed by atoms with Gasteiger partial charge in [0.15, 0.2) is 0 Å². The average molecular weight is 355 g/mol. The minimum atomic E-state index is -4.44. The van der Waals surface area contributed by atoms with Gasteiger partial charge in [-0.1, -0.05) is 19.8 Å². The molecule has 1 aliphatic rings. The van der Waals surface area contributed by atoms with E-state index in [2.05, 4.69) is 10.2 Å². The van der Waals surface area contributed by atoms with Crippen molar-refractivity contribution in [3.63, 3.8) is 0 Å². The zero-order valence-corrected chi connectivity index (χ0v) is 13.9. The molecule has 1 heterocycles. The summed E-state index contributed by atoms with van der Waals surface area (Å²) >= 11 is 0. The van der Waals surface area contributed by atoms with Gasteiger partial charge in [0, 0.05) is 37.8 Å². The largest absolute Gasteiger partial charge is 0.416 e. The SMILES string of the molecule is CCCC[C@@H](c1cc(C(F)(F)F)ccc1F)N1CCNCC1.Cl. The quantitative estimate of drug-likeness (QED) is 0.788. The Bertz CT molecular complexity index is 487. The lowest BCUT2D eigenvalue weighted by molar-refractivity contribution is -0.137. The minimum absolute atomic E-state index is 0. The maximum Gasteiger partial charge on any atom is 0.416 e. The maximum atomic E-state index is 14.2. The second kappa shape index (κ2) is 8.85. The molecule has 1 saturated heterocycles. The van der Waals surface area contributed by atoms with E-state index in [0.29, 0.717) is 6.42 Å². The fourth-order valence-corrected chi connectivity index (χ4v) is 2.90. The van der Waals surface area contributed by atoms with Crippen LogP contribution in [0.25, 0.3) is 0 Å². The molecule has 0 saturated carbocycles. The van der Waals surface area contributed by atoms with E-state index in [1.807, 2.05) is 6.92 Å². The van der Waals surface area contributed by atoms with Crippen LogP contribution in [0.1, 0.15) is 43.4 Å². The van der Waals surface area contributed by atoms with Crippen LogP contribution in [0.4, 0.5) is 17.6 Å². The zero-order valence-electron chi connectivity index (χ0n) is 13.1. The Kier molecular flexibility index (Phi) is 7.77. The van der Waals surface area contributed by atoms with Crippen molar-refractivity contribution in [1.82, 2.24) is 10.2 Å². The molecule has 0 spiro atoms. The first-order valence-corrected chi connectivity index (χ1v) is 7.75. The van der Waals surface area contributed by atoms with Crippen molar-refractivity contribution >= 4 is 12.4 Å². The summed E-state index contributed by atoms with van der Waals surface area (Å²) in [7, 11) is 0. The molecule has 1 N–H and O–H groups in total. The van der Waals surface area contributed by atoms with Crippen molar-refractivity contribution in [2.24, 2.45) is 0 Å². The fraction of sp³-hybridized carbons (Fsp3) is 0.625. The summed E-state index contributed by atoms with van der Waals surface area (Å²) in [4.78, 5) is 2.09. The first-order valence-electron chi connectivity index (χ1n) is 7.75. The van der Waals surface area contributed by atoms with E-state index in [9.17, 15) is 17.6 Å². The number of benzene rings is 1. The van der Waals surface area contributed by atoms with Crippen molar-refractivity contribution in [3.8, 4) is 0 Å². The lowest BCUT2D eigenvalue weighted by atomic mass is 9.96. The number of unbranched alkanes of at least 4 members (excludes halogenated alkanes) is 1. The van der Waals surface area contributed by atoms with Crippen molar-refractivity contribution in [2.75, 3.05) is 26.2 Å². The van der Waals surface area contributed by atoms with E-state index in [-0.39, 0.29) is 24.0 Å². The molecule has 1 aromatic rings. The molecule has 0 unspecified atom stereocenters. The Balaban J connectivity index is 0.00000264. The molecule has 1 fully saturated rings. The monoisotopic (exact) mass is 354 g/mol. The molecule has 0 aliphatic carbocycles.